The number of sulfonamides is 1. The van der Waals surface area contributed by atoms with Crippen LogP contribution in [0.4, 0.5) is 5.69 Å². The zero-order chi connectivity index (χ0) is 18.8. The van der Waals surface area contributed by atoms with Gasteiger partial charge in [-0.15, -0.1) is 0 Å². The third-order valence-electron chi connectivity index (χ3n) is 3.98. The van der Waals surface area contributed by atoms with Gasteiger partial charge in [0.2, 0.25) is 10.0 Å². The largest absolute Gasteiger partial charge is 0.345 e. The molecule has 0 saturated heterocycles. The Bertz CT molecular complexity index is 880. The standard InChI is InChI=1S/C18H21ClN2O3S/c1-12-5-7-14(8-6-12)13(2)20-18(22)16-11-15(9-10-17(16)19)21(3)25(4,23)24/h5-11,13H,1-4H3,(H,20,22)/t13-/m1/s1. The van der Waals surface area contributed by atoms with Crippen LogP contribution < -0.4 is 9.62 Å². The van der Waals surface area contributed by atoms with Gasteiger partial charge in [0.15, 0.2) is 0 Å². The summed E-state index contributed by atoms with van der Waals surface area (Å²) in [6, 6.07) is 12.2. The molecule has 0 aromatic heterocycles. The molecule has 0 unspecified atom stereocenters. The third-order valence-corrected chi connectivity index (χ3v) is 5.52. The molecule has 0 saturated carbocycles. The summed E-state index contributed by atoms with van der Waals surface area (Å²) in [7, 11) is -2.00. The first-order valence-corrected chi connectivity index (χ1v) is 9.93. The number of halogens is 1. The lowest BCUT2D eigenvalue weighted by Crippen LogP contribution is -2.28. The normalized spacial score (nSPS) is 12.5. The molecule has 0 aliphatic carbocycles. The van der Waals surface area contributed by atoms with E-state index in [9.17, 15) is 13.2 Å². The molecule has 2 aromatic carbocycles. The van der Waals surface area contributed by atoms with Crippen LogP contribution in [-0.2, 0) is 10.0 Å². The van der Waals surface area contributed by atoms with Gasteiger partial charge in [-0.2, -0.15) is 0 Å². The van der Waals surface area contributed by atoms with E-state index in [4.69, 9.17) is 11.6 Å². The number of nitrogens with zero attached hydrogens (tertiary/aromatic N) is 1. The minimum absolute atomic E-state index is 0.208. The maximum Gasteiger partial charge on any atom is 0.253 e. The fourth-order valence-corrected chi connectivity index (χ4v) is 2.99. The van der Waals surface area contributed by atoms with Crippen molar-refractivity contribution < 1.29 is 13.2 Å². The molecule has 1 atom stereocenters. The van der Waals surface area contributed by atoms with Gasteiger partial charge in [0, 0.05) is 7.05 Å². The molecule has 0 bridgehead atoms. The van der Waals surface area contributed by atoms with Crippen molar-refractivity contribution in [3.05, 3.63) is 64.2 Å². The van der Waals surface area contributed by atoms with Gasteiger partial charge < -0.3 is 5.32 Å². The van der Waals surface area contributed by atoms with Crippen LogP contribution in [-0.4, -0.2) is 27.6 Å². The highest BCUT2D eigenvalue weighted by atomic mass is 35.5. The van der Waals surface area contributed by atoms with Crippen molar-refractivity contribution in [3.63, 3.8) is 0 Å². The second-order valence-corrected chi connectivity index (χ2v) is 8.42. The van der Waals surface area contributed by atoms with Crippen LogP contribution in [0.1, 0.15) is 34.5 Å². The Morgan fingerprint density at radius 2 is 1.76 bits per heavy atom. The molecule has 0 radical (unpaired) electrons. The summed E-state index contributed by atoms with van der Waals surface area (Å²) in [5.41, 5.74) is 2.72. The second kappa shape index (κ2) is 7.45. The number of aryl methyl sites for hydroxylation is 1. The van der Waals surface area contributed by atoms with Gasteiger partial charge in [-0.1, -0.05) is 41.4 Å². The minimum Gasteiger partial charge on any atom is -0.345 e. The predicted molar refractivity (Wildman–Crippen MR) is 102 cm³/mol. The van der Waals surface area contributed by atoms with E-state index >= 15 is 0 Å². The molecule has 2 aromatic rings. The molecule has 0 heterocycles. The summed E-state index contributed by atoms with van der Waals surface area (Å²) >= 11 is 6.13. The van der Waals surface area contributed by atoms with Gasteiger partial charge in [0.25, 0.3) is 5.91 Å². The van der Waals surface area contributed by atoms with Gasteiger partial charge in [0.05, 0.1) is 28.6 Å². The van der Waals surface area contributed by atoms with Crippen LogP contribution >= 0.6 is 11.6 Å². The van der Waals surface area contributed by atoms with Crippen LogP contribution in [0.25, 0.3) is 0 Å². The number of nitrogens with one attached hydrogen (secondary N) is 1. The van der Waals surface area contributed by atoms with E-state index < -0.39 is 10.0 Å². The number of amides is 1. The molecule has 25 heavy (non-hydrogen) atoms. The third kappa shape index (κ3) is 4.74. The predicted octanol–water partition coefficient (Wildman–Crippen LogP) is 3.54. The van der Waals surface area contributed by atoms with E-state index in [0.29, 0.717) is 5.69 Å². The molecule has 134 valence electrons. The molecule has 1 N–H and O–H groups in total. The molecule has 1 amide bonds. The van der Waals surface area contributed by atoms with Crippen molar-refractivity contribution >= 4 is 33.2 Å². The number of benzene rings is 2. The minimum atomic E-state index is -3.42. The van der Waals surface area contributed by atoms with Crippen molar-refractivity contribution in [2.24, 2.45) is 0 Å². The average molecular weight is 381 g/mol. The Hall–Kier alpha value is -2.05. The maximum atomic E-state index is 12.6. The molecule has 0 fully saturated rings. The quantitative estimate of drug-likeness (QED) is 0.862. The monoisotopic (exact) mass is 380 g/mol. The van der Waals surface area contributed by atoms with Gasteiger partial charge in [0.1, 0.15) is 0 Å². The average Bonchev–Trinajstić information content (AvgIpc) is 2.54. The van der Waals surface area contributed by atoms with Crippen molar-refractivity contribution in [1.82, 2.24) is 5.32 Å². The van der Waals surface area contributed by atoms with E-state index in [0.717, 1.165) is 21.7 Å². The zero-order valence-corrected chi connectivity index (χ0v) is 16.1. The molecular formula is C18H21ClN2O3S. The fourth-order valence-electron chi connectivity index (χ4n) is 2.29. The first kappa shape index (κ1) is 19.3. The SMILES string of the molecule is Cc1ccc([C@@H](C)NC(=O)c2cc(N(C)S(C)(=O)=O)ccc2Cl)cc1. The molecule has 5 nitrogen and oxygen atoms in total. The molecule has 0 aliphatic heterocycles. The van der Waals surface area contributed by atoms with Crippen LogP contribution in [0.5, 0.6) is 0 Å². The van der Waals surface area contributed by atoms with E-state index in [1.54, 1.807) is 6.07 Å². The molecule has 7 heteroatoms. The van der Waals surface area contributed by atoms with Gasteiger partial charge in [-0.05, 0) is 37.6 Å². The van der Waals surface area contributed by atoms with Gasteiger partial charge >= 0.3 is 0 Å². The van der Waals surface area contributed by atoms with Crippen LogP contribution in [0.15, 0.2) is 42.5 Å². The number of anilines is 1. The van der Waals surface area contributed by atoms with Crippen LogP contribution in [0.2, 0.25) is 5.02 Å². The number of rotatable bonds is 5. The number of hydrogen-bond donors (Lipinski definition) is 1. The van der Waals surface area contributed by atoms with Crippen molar-refractivity contribution in [2.75, 3.05) is 17.6 Å². The highest BCUT2D eigenvalue weighted by Crippen LogP contribution is 2.25. The smallest absolute Gasteiger partial charge is 0.253 e. The van der Waals surface area contributed by atoms with E-state index in [-0.39, 0.29) is 22.5 Å². The van der Waals surface area contributed by atoms with Crippen LogP contribution in [0.3, 0.4) is 0 Å². The first-order valence-electron chi connectivity index (χ1n) is 7.70. The summed E-state index contributed by atoms with van der Waals surface area (Å²) in [5, 5.41) is 3.15. The fraction of sp³-hybridized carbons (Fsp3) is 0.278. The Kier molecular flexibility index (Phi) is 5.75. The number of carbonyl (C=O) groups excluding carboxylic acids is 1. The zero-order valence-electron chi connectivity index (χ0n) is 14.6. The Balaban J connectivity index is 2.25. The van der Waals surface area contributed by atoms with E-state index in [1.165, 1.54) is 19.2 Å². The summed E-state index contributed by atoms with van der Waals surface area (Å²) < 4.78 is 24.5. The van der Waals surface area contributed by atoms with E-state index in [1.807, 2.05) is 38.1 Å². The first-order chi connectivity index (χ1) is 11.6. The number of hydrogen-bond acceptors (Lipinski definition) is 3. The topological polar surface area (TPSA) is 66.5 Å². The van der Waals surface area contributed by atoms with E-state index in [2.05, 4.69) is 5.32 Å². The molecule has 2 rings (SSSR count). The molecule has 0 spiro atoms. The van der Waals surface area contributed by atoms with Crippen molar-refractivity contribution in [1.29, 1.82) is 0 Å². The lowest BCUT2D eigenvalue weighted by atomic mass is 10.1. The number of carbonyl (C=O) groups is 1. The Morgan fingerprint density at radius 1 is 1.16 bits per heavy atom. The van der Waals surface area contributed by atoms with Crippen molar-refractivity contribution in [2.45, 2.75) is 19.9 Å². The second-order valence-electron chi connectivity index (χ2n) is 6.00. The summed E-state index contributed by atoms with van der Waals surface area (Å²) in [5.74, 6) is -0.359. The lowest BCUT2D eigenvalue weighted by Gasteiger charge is -2.19. The van der Waals surface area contributed by atoms with Gasteiger partial charge in [-0.25, -0.2) is 8.42 Å². The summed E-state index contributed by atoms with van der Waals surface area (Å²) in [4.78, 5) is 12.6. The van der Waals surface area contributed by atoms with Crippen molar-refractivity contribution in [3.8, 4) is 0 Å². The van der Waals surface area contributed by atoms with Gasteiger partial charge in [-0.3, -0.25) is 9.10 Å². The molecule has 0 aliphatic rings. The summed E-state index contributed by atoms with van der Waals surface area (Å²) in [6.07, 6.45) is 1.10. The highest BCUT2D eigenvalue weighted by molar-refractivity contribution is 7.92. The van der Waals surface area contributed by atoms with Crippen LogP contribution in [0, 0.1) is 6.92 Å². The maximum absolute atomic E-state index is 12.6. The lowest BCUT2D eigenvalue weighted by molar-refractivity contribution is 0.0940. The Labute approximate surface area is 153 Å². The Morgan fingerprint density at radius 3 is 2.32 bits per heavy atom. The highest BCUT2D eigenvalue weighted by Gasteiger charge is 2.18. The summed E-state index contributed by atoms with van der Waals surface area (Å²) in [6.45, 7) is 3.87. The molecular weight excluding hydrogens is 360 g/mol.